The number of rotatable bonds is 1. The first kappa shape index (κ1) is 16.5. The summed E-state index contributed by atoms with van der Waals surface area (Å²) < 4.78 is 0. The summed E-state index contributed by atoms with van der Waals surface area (Å²) in [5.74, 6) is -1.45. The van der Waals surface area contributed by atoms with Gasteiger partial charge in [-0.1, -0.05) is 29.3 Å². The number of hydrogen-bond donors (Lipinski definition) is 1. The quantitative estimate of drug-likeness (QED) is 0.630. The zero-order valence-corrected chi connectivity index (χ0v) is 13.7. The van der Waals surface area contributed by atoms with Gasteiger partial charge < -0.3 is 0 Å². The van der Waals surface area contributed by atoms with Crippen molar-refractivity contribution in [1.82, 2.24) is 10.2 Å². The third-order valence-electron chi connectivity index (χ3n) is 3.06. The van der Waals surface area contributed by atoms with Crippen molar-refractivity contribution in [2.24, 2.45) is 0 Å². The number of nitrogens with one attached hydrogen (secondary N) is 1. The third kappa shape index (κ3) is 3.00. The van der Waals surface area contributed by atoms with Gasteiger partial charge in [0, 0.05) is 21.1 Å². The van der Waals surface area contributed by atoms with Gasteiger partial charge in [-0.25, -0.2) is 4.79 Å². The van der Waals surface area contributed by atoms with E-state index in [0.29, 0.717) is 15.6 Å². The van der Waals surface area contributed by atoms with Crippen LogP contribution in [-0.2, 0) is 9.59 Å². The molecule has 0 aliphatic carbocycles. The molecule has 2 rings (SSSR count). The van der Waals surface area contributed by atoms with Gasteiger partial charge in [-0.15, -0.1) is 0 Å². The lowest BCUT2D eigenvalue weighted by atomic mass is 10.0. The summed E-state index contributed by atoms with van der Waals surface area (Å²) in [5.41, 5.74) is -0.609. The van der Waals surface area contributed by atoms with E-state index in [4.69, 9.17) is 23.2 Å². The van der Waals surface area contributed by atoms with E-state index in [0.717, 1.165) is 4.90 Å². The van der Waals surface area contributed by atoms with Gasteiger partial charge in [-0.05, 0) is 39.0 Å². The monoisotopic (exact) mass is 340 g/mol. The number of halogens is 2. The van der Waals surface area contributed by atoms with Crippen molar-refractivity contribution >= 4 is 47.1 Å². The fourth-order valence-corrected chi connectivity index (χ4v) is 2.57. The Balaban J connectivity index is 2.54. The number of benzene rings is 1. The van der Waals surface area contributed by atoms with Crippen molar-refractivity contribution in [3.8, 4) is 0 Å². The van der Waals surface area contributed by atoms with Gasteiger partial charge in [-0.2, -0.15) is 0 Å². The van der Waals surface area contributed by atoms with Crippen molar-refractivity contribution < 1.29 is 14.4 Å². The number of barbiturate groups is 1. The molecule has 1 aliphatic heterocycles. The fourth-order valence-electron chi connectivity index (χ4n) is 2.06. The van der Waals surface area contributed by atoms with Gasteiger partial charge in [0.15, 0.2) is 0 Å². The minimum Gasteiger partial charge on any atom is -0.273 e. The Labute approximate surface area is 137 Å². The van der Waals surface area contributed by atoms with Crippen LogP contribution in [0.2, 0.25) is 10.0 Å². The van der Waals surface area contributed by atoms with Crippen LogP contribution in [0.1, 0.15) is 26.3 Å². The molecule has 0 aromatic heterocycles. The van der Waals surface area contributed by atoms with Crippen LogP contribution in [0.3, 0.4) is 0 Å². The SMILES string of the molecule is CC(C)(C)N1C(=O)NC(=O)/C(=C/c2c(Cl)cccc2Cl)C1=O. The summed E-state index contributed by atoms with van der Waals surface area (Å²) in [5, 5.41) is 2.76. The molecule has 1 heterocycles. The van der Waals surface area contributed by atoms with Crippen LogP contribution >= 0.6 is 23.2 Å². The minimum atomic E-state index is -0.773. The van der Waals surface area contributed by atoms with Crippen LogP contribution < -0.4 is 5.32 Å². The summed E-state index contributed by atoms with van der Waals surface area (Å²) in [4.78, 5) is 37.4. The maximum Gasteiger partial charge on any atom is 0.331 e. The molecular formula is C15H14Cl2N2O3. The molecule has 7 heteroatoms. The Bertz CT molecular complexity index is 685. The molecule has 0 spiro atoms. The Hall–Kier alpha value is -1.85. The molecule has 1 saturated heterocycles. The zero-order valence-electron chi connectivity index (χ0n) is 12.2. The molecule has 1 aliphatic rings. The van der Waals surface area contributed by atoms with E-state index in [1.807, 2.05) is 0 Å². The average Bonchev–Trinajstić information content (AvgIpc) is 2.35. The molecule has 4 amide bonds. The van der Waals surface area contributed by atoms with Crippen molar-refractivity contribution in [1.29, 1.82) is 0 Å². The van der Waals surface area contributed by atoms with E-state index in [9.17, 15) is 14.4 Å². The highest BCUT2D eigenvalue weighted by molar-refractivity contribution is 6.38. The summed E-state index contributed by atoms with van der Waals surface area (Å²) in [7, 11) is 0. The Morgan fingerprint density at radius 3 is 2.14 bits per heavy atom. The molecular weight excluding hydrogens is 327 g/mol. The van der Waals surface area contributed by atoms with E-state index in [1.54, 1.807) is 39.0 Å². The van der Waals surface area contributed by atoms with Crippen LogP contribution in [-0.4, -0.2) is 28.3 Å². The first-order valence-electron chi connectivity index (χ1n) is 6.48. The predicted molar refractivity (Wildman–Crippen MR) is 84.6 cm³/mol. The molecule has 1 fully saturated rings. The van der Waals surface area contributed by atoms with Crippen LogP contribution in [0.4, 0.5) is 4.79 Å². The maximum atomic E-state index is 12.5. The molecule has 0 atom stereocenters. The molecule has 116 valence electrons. The molecule has 22 heavy (non-hydrogen) atoms. The van der Waals surface area contributed by atoms with E-state index in [2.05, 4.69) is 5.32 Å². The molecule has 0 saturated carbocycles. The van der Waals surface area contributed by atoms with Crippen LogP contribution in [0.15, 0.2) is 23.8 Å². The predicted octanol–water partition coefficient (Wildman–Crippen LogP) is 3.25. The number of urea groups is 1. The number of carbonyl (C=O) groups excluding carboxylic acids is 3. The highest BCUT2D eigenvalue weighted by atomic mass is 35.5. The fraction of sp³-hybridized carbons (Fsp3) is 0.267. The normalized spacial score (nSPS) is 18.0. The summed E-state index contributed by atoms with van der Waals surface area (Å²) >= 11 is 12.1. The van der Waals surface area contributed by atoms with Gasteiger partial charge in [-0.3, -0.25) is 19.8 Å². The molecule has 1 aromatic carbocycles. The van der Waals surface area contributed by atoms with Crippen LogP contribution in [0.5, 0.6) is 0 Å². The zero-order chi connectivity index (χ0) is 16.7. The maximum absolute atomic E-state index is 12.5. The van der Waals surface area contributed by atoms with E-state index in [1.165, 1.54) is 6.08 Å². The second kappa shape index (κ2) is 5.74. The number of amides is 4. The van der Waals surface area contributed by atoms with Gasteiger partial charge in [0.2, 0.25) is 0 Å². The van der Waals surface area contributed by atoms with Crippen LogP contribution in [0.25, 0.3) is 6.08 Å². The highest BCUT2D eigenvalue weighted by Gasteiger charge is 2.41. The standard InChI is InChI=1S/C15H14Cl2N2O3/c1-15(2,3)19-13(21)9(12(20)18-14(19)22)7-8-10(16)5-4-6-11(8)17/h4-7H,1-3H3,(H,18,20,22)/b9-7-. The number of imide groups is 2. The highest BCUT2D eigenvalue weighted by Crippen LogP contribution is 2.29. The van der Waals surface area contributed by atoms with Crippen molar-refractivity contribution in [3.63, 3.8) is 0 Å². The number of nitrogens with zero attached hydrogens (tertiary/aromatic N) is 1. The largest absolute Gasteiger partial charge is 0.331 e. The lowest BCUT2D eigenvalue weighted by Gasteiger charge is -2.36. The van der Waals surface area contributed by atoms with E-state index < -0.39 is 23.4 Å². The van der Waals surface area contributed by atoms with Gasteiger partial charge in [0.1, 0.15) is 5.57 Å². The minimum absolute atomic E-state index is 0.190. The topological polar surface area (TPSA) is 66.5 Å². The average molecular weight is 341 g/mol. The van der Waals surface area contributed by atoms with E-state index >= 15 is 0 Å². The first-order chi connectivity index (χ1) is 10.1. The lowest BCUT2D eigenvalue weighted by molar-refractivity contribution is -0.133. The molecule has 1 N–H and O–H groups in total. The summed E-state index contributed by atoms with van der Waals surface area (Å²) in [6.07, 6.45) is 1.30. The number of carbonyl (C=O) groups is 3. The molecule has 0 bridgehead atoms. The van der Waals surface area contributed by atoms with Gasteiger partial charge in [0.05, 0.1) is 0 Å². The Morgan fingerprint density at radius 2 is 1.64 bits per heavy atom. The van der Waals surface area contributed by atoms with Gasteiger partial charge in [0.25, 0.3) is 11.8 Å². The molecule has 1 aromatic rings. The van der Waals surface area contributed by atoms with Gasteiger partial charge >= 0.3 is 6.03 Å². The summed E-state index contributed by atoms with van der Waals surface area (Å²) in [6.45, 7) is 5.08. The van der Waals surface area contributed by atoms with Crippen molar-refractivity contribution in [2.75, 3.05) is 0 Å². The molecule has 5 nitrogen and oxygen atoms in total. The van der Waals surface area contributed by atoms with Crippen molar-refractivity contribution in [2.45, 2.75) is 26.3 Å². The second-order valence-electron chi connectivity index (χ2n) is 5.76. The molecule has 0 radical (unpaired) electrons. The second-order valence-corrected chi connectivity index (χ2v) is 6.58. The lowest BCUT2D eigenvalue weighted by Crippen LogP contribution is -2.60. The smallest absolute Gasteiger partial charge is 0.273 e. The molecule has 0 unspecified atom stereocenters. The summed E-state index contributed by atoms with van der Waals surface area (Å²) in [6, 6.07) is 4.10. The van der Waals surface area contributed by atoms with Crippen LogP contribution in [0, 0.1) is 0 Å². The number of hydrogen-bond acceptors (Lipinski definition) is 3. The Kier molecular flexibility index (Phi) is 4.31. The van der Waals surface area contributed by atoms with Crippen molar-refractivity contribution in [3.05, 3.63) is 39.4 Å². The first-order valence-corrected chi connectivity index (χ1v) is 7.24. The third-order valence-corrected chi connectivity index (χ3v) is 3.72. The van der Waals surface area contributed by atoms with E-state index in [-0.39, 0.29) is 5.57 Å². The Morgan fingerprint density at radius 1 is 1.09 bits per heavy atom.